The van der Waals surface area contributed by atoms with Crippen LogP contribution < -0.4 is 0 Å². The molecule has 4 bridgehead atoms. The van der Waals surface area contributed by atoms with Crippen LogP contribution in [0.1, 0.15) is 173 Å². The Morgan fingerprint density at radius 1 is 0.509 bits per heavy atom. The third-order valence-corrected chi connectivity index (χ3v) is 32.5. The number of hydrogen-bond donors (Lipinski definition) is 3. The molecular weight excluding hydrogens is 1510 g/mol. The molecule has 108 heavy (non-hydrogen) atoms. The van der Waals surface area contributed by atoms with Crippen molar-refractivity contribution in [3.05, 3.63) is 166 Å². The zero-order valence-electron chi connectivity index (χ0n) is 66.3. The van der Waals surface area contributed by atoms with Gasteiger partial charge in [-0.25, -0.2) is 19.2 Å². The van der Waals surface area contributed by atoms with Crippen LogP contribution in [0.25, 0.3) is 0 Å². The van der Waals surface area contributed by atoms with E-state index in [0.29, 0.717) is 47.3 Å². The second-order valence-electron chi connectivity index (χ2n) is 33.6. The normalized spacial score (nSPS) is 35.4. The molecule has 0 aromatic heterocycles. The zero-order chi connectivity index (χ0) is 78.1. The lowest BCUT2D eigenvalue weighted by molar-refractivity contribution is -0.316. The molecule has 2 unspecified atom stereocenters. The third-order valence-electron chi connectivity index (χ3n) is 27.9. The van der Waals surface area contributed by atoms with E-state index in [1.165, 1.54) is 14.2 Å². The molecule has 2 aliphatic heterocycles. The molecular formula is C86H115IO20Si. The Morgan fingerprint density at radius 2 is 0.852 bits per heavy atom. The van der Waals surface area contributed by atoms with Gasteiger partial charge in [-0.05, 0) is 104 Å². The van der Waals surface area contributed by atoms with Gasteiger partial charge >= 0.3 is 23.9 Å². The highest BCUT2D eigenvalue weighted by molar-refractivity contribution is 14.0. The first-order chi connectivity index (χ1) is 50.5. The maximum atomic E-state index is 15.5. The summed E-state index contributed by atoms with van der Waals surface area (Å²) in [7, 11) is 3.73. The molecule has 6 fully saturated rings. The first-order valence-corrected chi connectivity index (χ1v) is 40.7. The summed E-state index contributed by atoms with van der Waals surface area (Å²) in [6.45, 7) is 29.4. The maximum absolute atomic E-state index is 15.5. The second kappa shape index (κ2) is 32.0. The average Bonchev–Trinajstić information content (AvgIpc) is 0.676. The molecule has 0 radical (unpaired) electrons. The lowest BCUT2D eigenvalue weighted by Crippen LogP contribution is -2.78. The molecule has 4 aromatic carbocycles. The molecule has 20 nitrogen and oxygen atoms in total. The topological polar surface area (TPSA) is 265 Å². The number of fused-ring (bicyclic) bond motifs is 10. The average molecular weight is 1620 g/mol. The fraction of sp³-hybridized carbons (Fsp3) is 0.605. The SMILES string of the molecule is CC[Si](CC)(CC)O[C@@H](C(=O)OC1C[C@@]2(O)[C@@H](OC(=O)c3ccccc3)[C@@H]3[C@]4(C)CO[C@@H]4C[C@H](OC)[C@@]3(C)C(=O)[C@H](OC)C(=C1C)C2(C)C)[C@@H](C)c1ccccc1.CO[C@H]1C(=O)[C@]2(C)[C@@H](OC)C[C@H]3OC[C@@]3(C)[C@H]2[C@H](OC(=O)c2ccccc2)[C@]2(O)CC(OC(=O)[C@H](O)[C@@H](C)c3ccccc3)C(C)=C1C2(C)C.I. The van der Waals surface area contributed by atoms with Crippen molar-refractivity contribution in [2.24, 2.45) is 44.3 Å². The Labute approximate surface area is 655 Å². The summed E-state index contributed by atoms with van der Waals surface area (Å²) >= 11 is 0. The third kappa shape index (κ3) is 13.7. The van der Waals surface area contributed by atoms with E-state index in [9.17, 15) is 34.5 Å². The quantitative estimate of drug-likeness (QED) is 0.0230. The number of rotatable bonds is 21. The Hall–Kier alpha value is -5.87. The number of carbonyl (C=O) groups excluding carboxylic acids is 6. The molecule has 4 saturated carbocycles. The summed E-state index contributed by atoms with van der Waals surface area (Å²) in [4.78, 5) is 87.7. The predicted octanol–water partition coefficient (Wildman–Crippen LogP) is 13.3. The Kier molecular flexibility index (Phi) is 25.0. The number of halogens is 1. The smallest absolute Gasteiger partial charge is 0.338 e. The van der Waals surface area contributed by atoms with Gasteiger partial charge in [-0.1, -0.05) is 173 Å². The molecule has 12 rings (SSSR count). The van der Waals surface area contributed by atoms with E-state index >= 15 is 9.59 Å². The number of ketones is 2. The highest BCUT2D eigenvalue weighted by atomic mass is 127. The van der Waals surface area contributed by atoms with Crippen LogP contribution in [0.3, 0.4) is 0 Å². The van der Waals surface area contributed by atoms with Crippen LogP contribution in [0.4, 0.5) is 0 Å². The van der Waals surface area contributed by atoms with E-state index in [4.69, 9.17) is 51.8 Å². The summed E-state index contributed by atoms with van der Waals surface area (Å²) < 4.78 is 69.6. The van der Waals surface area contributed by atoms with E-state index in [-0.39, 0.29) is 78.7 Å². The Balaban J connectivity index is 0.000000230. The van der Waals surface area contributed by atoms with Crippen LogP contribution in [0.5, 0.6) is 0 Å². The Bertz CT molecular complexity index is 3990. The van der Waals surface area contributed by atoms with Gasteiger partial charge in [0, 0.05) is 99.5 Å². The number of aliphatic hydroxyl groups excluding tert-OH is 1. The number of methoxy groups -OCH3 is 4. The van der Waals surface area contributed by atoms with Crippen LogP contribution in [0.2, 0.25) is 18.1 Å². The molecule has 4 aromatic rings. The van der Waals surface area contributed by atoms with Crippen molar-refractivity contribution in [2.75, 3.05) is 41.7 Å². The number of esters is 4. The standard InChI is InChI=1S/C46H64O10Si.C40H50O10.HI/c1-12-57(13-2,14-3)56-36(28(4)30-21-17-15-18-22-30)42(49)54-32-26-46(50)40(55-41(48)31-23-19-16-20-24-31)38-44(8)27-53-33(44)25-34(51-10)45(38,9)39(47)37(52-11)35(29(32)5)43(46,6)7;1-22(24-15-11-9-12-16-24)30(41)36(44)49-26-20-40(45)34(50-35(43)25-17-13-10-14-18-25)32-38(5)21-48-27(38)19-28(46-7)39(32,6)33(42)31(47-8)29(23(26)2)37(40,3)4;/h15-24,28,32-34,36-38,40,50H,12-14,25-27H2,1-11H3;9-18,22,26-28,30-32,34,41,45H,19-21H2,1-8H3;1H/t28-,32?,33+,34-,36+,37+,38+,40-,44+,45+,46+;22-,26?,27+,28-,30+,31+,32+,34-,38+,39+,40+;/m00./s1. The van der Waals surface area contributed by atoms with Gasteiger partial charge < -0.3 is 67.1 Å². The maximum Gasteiger partial charge on any atom is 0.338 e. The molecule has 3 N–H and O–H groups in total. The summed E-state index contributed by atoms with van der Waals surface area (Å²) in [6, 6.07) is 38.7. The lowest BCUT2D eigenvalue weighted by Gasteiger charge is -2.68. The van der Waals surface area contributed by atoms with E-state index in [2.05, 4.69) is 20.8 Å². The summed E-state index contributed by atoms with van der Waals surface area (Å²) in [5, 5.41) is 38.4. The van der Waals surface area contributed by atoms with Crippen molar-refractivity contribution < 1.29 is 95.9 Å². The van der Waals surface area contributed by atoms with Crippen molar-refractivity contribution in [3.63, 3.8) is 0 Å². The number of Topliss-reactive ketones (excluding diaryl/α,β-unsaturated/α-hetero) is 2. The van der Waals surface area contributed by atoms with Gasteiger partial charge in [-0.2, -0.15) is 0 Å². The lowest BCUT2D eigenvalue weighted by atomic mass is 9.42. The summed E-state index contributed by atoms with van der Waals surface area (Å²) in [6.07, 6.45) is -10.7. The molecule has 22 heteroatoms. The Morgan fingerprint density at radius 3 is 1.18 bits per heavy atom. The molecule has 0 spiro atoms. The van der Waals surface area contributed by atoms with Crippen molar-refractivity contribution in [1.82, 2.24) is 0 Å². The van der Waals surface area contributed by atoms with Crippen molar-refractivity contribution in [2.45, 2.75) is 244 Å². The molecule has 8 aliphatic rings. The summed E-state index contributed by atoms with van der Waals surface area (Å²) in [5.41, 5.74) is -5.82. The van der Waals surface area contributed by atoms with Gasteiger partial charge in [0.15, 0.2) is 26.0 Å². The molecule has 6 aliphatic carbocycles. The number of benzene rings is 4. The van der Waals surface area contributed by atoms with Gasteiger partial charge in [0.2, 0.25) is 0 Å². The van der Waals surface area contributed by atoms with Gasteiger partial charge in [0.1, 0.15) is 53.9 Å². The highest BCUT2D eigenvalue weighted by Crippen LogP contribution is 2.69. The van der Waals surface area contributed by atoms with E-state index in [1.807, 2.05) is 136 Å². The van der Waals surface area contributed by atoms with Crippen molar-refractivity contribution >= 4 is 67.7 Å². The molecule has 22 atom stereocenters. The first kappa shape index (κ1) is 84.6. The van der Waals surface area contributed by atoms with Crippen LogP contribution in [-0.2, 0) is 71.0 Å². The minimum atomic E-state index is -2.35. The summed E-state index contributed by atoms with van der Waals surface area (Å²) in [5.74, 6) is -5.72. The predicted molar refractivity (Wildman–Crippen MR) is 418 cm³/mol. The van der Waals surface area contributed by atoms with Gasteiger partial charge in [-0.15, -0.1) is 24.0 Å². The van der Waals surface area contributed by atoms with Gasteiger partial charge in [0.25, 0.3) is 0 Å². The molecule has 2 saturated heterocycles. The van der Waals surface area contributed by atoms with Crippen LogP contribution in [0, 0.1) is 44.3 Å². The van der Waals surface area contributed by atoms with Crippen molar-refractivity contribution in [1.29, 1.82) is 0 Å². The molecule has 590 valence electrons. The number of aliphatic hydroxyl groups is 3. The number of hydrogen-bond acceptors (Lipinski definition) is 20. The second-order valence-corrected chi connectivity index (χ2v) is 38.3. The van der Waals surface area contributed by atoms with Crippen LogP contribution >= 0.6 is 24.0 Å². The van der Waals surface area contributed by atoms with E-state index < -0.39 is 155 Å². The molecule has 0 amide bonds. The minimum absolute atomic E-state index is 0. The largest absolute Gasteiger partial charge is 0.456 e. The van der Waals surface area contributed by atoms with E-state index in [1.54, 1.807) is 82.7 Å². The highest BCUT2D eigenvalue weighted by Gasteiger charge is 2.78. The monoisotopic (exact) mass is 1620 g/mol. The van der Waals surface area contributed by atoms with E-state index in [0.717, 1.165) is 29.3 Å². The van der Waals surface area contributed by atoms with Crippen LogP contribution in [-0.4, -0.2) is 185 Å². The minimum Gasteiger partial charge on any atom is -0.456 e. The zero-order valence-corrected chi connectivity index (χ0v) is 69.7. The molecule has 2 heterocycles. The number of ether oxygens (including phenoxy) is 10. The van der Waals surface area contributed by atoms with Gasteiger partial charge in [-0.3, -0.25) is 9.59 Å². The van der Waals surface area contributed by atoms with Gasteiger partial charge in [0.05, 0.1) is 59.6 Å². The fourth-order valence-corrected chi connectivity index (χ4v) is 23.5. The fourth-order valence-electron chi connectivity index (χ4n) is 20.7. The number of carbonyl (C=O) groups is 6. The first-order valence-electron chi connectivity index (χ1n) is 38.2. The van der Waals surface area contributed by atoms with Crippen molar-refractivity contribution in [3.8, 4) is 0 Å². The van der Waals surface area contributed by atoms with Crippen LogP contribution in [0.15, 0.2) is 144 Å².